The van der Waals surface area contributed by atoms with Crippen LogP contribution < -0.4 is 11.2 Å². The van der Waals surface area contributed by atoms with Gasteiger partial charge in [-0.05, 0) is 20.3 Å². The minimum Gasteiger partial charge on any atom is -0.346 e. The van der Waals surface area contributed by atoms with Gasteiger partial charge in [0, 0.05) is 18.1 Å². The normalized spacial score (nSPS) is 24.2. The molecular weight excluding hydrogens is 571 g/mol. The number of hydrogen-bond donors (Lipinski definition) is 1. The standard InChI is InChI=1S/C32H55N2O8P/c1-5-7-8-9-10-11-12-13-14-15-16-17-18-19-20-21-24-38-43(37,6-2)39-25-26-28-29(42-32(3,4)41-28)30(40-26)34-23-22-27(35)33-31(34)36/h6,22-23,26,28-30H,2,5,7-21,24-25H2,1,3-4H3,(H,33,35,36)/t26-,28-,29-,30-,43?/m1/s1. The van der Waals surface area contributed by atoms with E-state index in [2.05, 4.69) is 18.5 Å². The summed E-state index contributed by atoms with van der Waals surface area (Å²) < 4.78 is 43.9. The topological polar surface area (TPSA) is 118 Å². The first-order chi connectivity index (χ1) is 20.7. The van der Waals surface area contributed by atoms with Crippen LogP contribution >= 0.6 is 7.60 Å². The molecule has 0 saturated carbocycles. The lowest BCUT2D eigenvalue weighted by Crippen LogP contribution is -2.37. The van der Waals surface area contributed by atoms with Crippen molar-refractivity contribution >= 4 is 7.60 Å². The SMILES string of the molecule is C=CP(=O)(OCCCCCCCCCCCCCCCCCC)OC[C@H]1O[C@@H](n2ccc(=O)[nH]c2=O)[C@@H]2OC(C)(C)O[C@@H]21. The molecular formula is C32H55N2O8P. The molecule has 11 heteroatoms. The molecule has 1 unspecified atom stereocenters. The highest BCUT2D eigenvalue weighted by molar-refractivity contribution is 7.57. The Kier molecular flexibility index (Phi) is 15.4. The number of rotatable bonds is 23. The van der Waals surface area contributed by atoms with Crippen LogP contribution in [-0.2, 0) is 27.8 Å². The van der Waals surface area contributed by atoms with Gasteiger partial charge in [0.05, 0.1) is 13.2 Å². The minimum absolute atomic E-state index is 0.0997. The molecule has 3 heterocycles. The van der Waals surface area contributed by atoms with E-state index in [9.17, 15) is 14.2 Å². The molecule has 10 nitrogen and oxygen atoms in total. The van der Waals surface area contributed by atoms with Gasteiger partial charge in [-0.15, -0.1) is 0 Å². The average Bonchev–Trinajstić information content (AvgIpc) is 3.46. The van der Waals surface area contributed by atoms with Gasteiger partial charge in [-0.3, -0.25) is 18.9 Å². The van der Waals surface area contributed by atoms with Crippen molar-refractivity contribution in [3.05, 3.63) is 45.5 Å². The van der Waals surface area contributed by atoms with E-state index in [0.717, 1.165) is 19.3 Å². The largest absolute Gasteiger partial charge is 0.353 e. The summed E-state index contributed by atoms with van der Waals surface area (Å²) in [6, 6.07) is 1.24. The second-order valence-corrected chi connectivity index (χ2v) is 14.3. The van der Waals surface area contributed by atoms with Crippen LogP contribution in [0.15, 0.2) is 34.2 Å². The predicted octanol–water partition coefficient (Wildman–Crippen LogP) is 7.59. The number of aromatic amines is 1. The maximum absolute atomic E-state index is 13.2. The van der Waals surface area contributed by atoms with Gasteiger partial charge >= 0.3 is 13.3 Å². The molecule has 5 atom stereocenters. The molecule has 2 aliphatic heterocycles. The number of nitrogens with zero attached hydrogens (tertiary/aromatic N) is 1. The van der Waals surface area contributed by atoms with E-state index < -0.39 is 49.2 Å². The zero-order valence-corrected chi connectivity index (χ0v) is 27.5. The number of fused-ring (bicyclic) bond motifs is 1. The molecule has 0 spiro atoms. The highest BCUT2D eigenvalue weighted by Gasteiger charge is 2.56. The summed E-state index contributed by atoms with van der Waals surface area (Å²) >= 11 is 0. The summed E-state index contributed by atoms with van der Waals surface area (Å²) in [5, 5.41) is 0. The zero-order valence-electron chi connectivity index (χ0n) is 26.6. The van der Waals surface area contributed by atoms with Crippen molar-refractivity contribution < 1.29 is 27.8 Å². The van der Waals surface area contributed by atoms with Crippen molar-refractivity contribution in [2.24, 2.45) is 0 Å². The summed E-state index contributed by atoms with van der Waals surface area (Å²) in [6.07, 6.45) is 19.1. The fraction of sp³-hybridized carbons (Fsp3) is 0.812. The first kappa shape index (κ1) is 35.9. The molecule has 1 N–H and O–H groups in total. The second kappa shape index (κ2) is 18.4. The average molecular weight is 627 g/mol. The Labute approximate surface area is 257 Å². The van der Waals surface area contributed by atoms with Crippen LogP contribution in [-0.4, -0.2) is 46.9 Å². The first-order valence-corrected chi connectivity index (χ1v) is 18.1. The van der Waals surface area contributed by atoms with E-state index in [1.54, 1.807) is 13.8 Å². The van der Waals surface area contributed by atoms with Crippen LogP contribution in [0.25, 0.3) is 0 Å². The number of unbranched alkanes of at least 4 members (excludes halogenated alkanes) is 15. The van der Waals surface area contributed by atoms with Gasteiger partial charge in [-0.25, -0.2) is 4.79 Å². The van der Waals surface area contributed by atoms with Gasteiger partial charge in [0.1, 0.15) is 18.3 Å². The fourth-order valence-corrected chi connectivity index (χ4v) is 6.83. The Balaban J connectivity index is 1.29. The number of nitrogens with one attached hydrogen (secondary N) is 1. The molecule has 2 saturated heterocycles. The van der Waals surface area contributed by atoms with Gasteiger partial charge in [-0.1, -0.05) is 110 Å². The monoisotopic (exact) mass is 626 g/mol. The van der Waals surface area contributed by atoms with Crippen molar-refractivity contribution in [1.82, 2.24) is 9.55 Å². The maximum Gasteiger partial charge on any atom is 0.353 e. The van der Waals surface area contributed by atoms with Gasteiger partial charge in [0.25, 0.3) is 5.56 Å². The third-order valence-electron chi connectivity index (χ3n) is 8.16. The van der Waals surface area contributed by atoms with Crippen molar-refractivity contribution in [2.75, 3.05) is 13.2 Å². The predicted molar refractivity (Wildman–Crippen MR) is 168 cm³/mol. The summed E-state index contributed by atoms with van der Waals surface area (Å²) in [7, 11) is -3.55. The Bertz CT molecular complexity index is 1120. The highest BCUT2D eigenvalue weighted by atomic mass is 31.2. The molecule has 2 fully saturated rings. The minimum atomic E-state index is -3.55. The van der Waals surface area contributed by atoms with Crippen LogP contribution in [0.2, 0.25) is 0 Å². The van der Waals surface area contributed by atoms with E-state index in [1.165, 1.54) is 106 Å². The lowest BCUT2D eigenvalue weighted by molar-refractivity contribution is -0.200. The molecule has 246 valence electrons. The fourth-order valence-electron chi connectivity index (χ4n) is 5.81. The number of ether oxygens (including phenoxy) is 3. The van der Waals surface area contributed by atoms with Gasteiger partial charge in [0.2, 0.25) is 0 Å². The summed E-state index contributed by atoms with van der Waals surface area (Å²) in [5.74, 6) is 0.305. The van der Waals surface area contributed by atoms with Gasteiger partial charge in [-0.2, -0.15) is 0 Å². The lowest BCUT2D eigenvalue weighted by atomic mass is 10.0. The number of aromatic nitrogens is 2. The number of H-pyrrole nitrogens is 1. The van der Waals surface area contributed by atoms with E-state index >= 15 is 0 Å². The Morgan fingerprint density at radius 1 is 0.884 bits per heavy atom. The third-order valence-corrected chi connectivity index (χ3v) is 9.66. The summed E-state index contributed by atoms with van der Waals surface area (Å²) in [6.45, 7) is 9.68. The quantitative estimate of drug-likeness (QED) is 0.0975. The van der Waals surface area contributed by atoms with Gasteiger partial charge < -0.3 is 23.3 Å². The number of hydrogen-bond acceptors (Lipinski definition) is 8. The highest BCUT2D eigenvalue weighted by Crippen LogP contribution is 2.51. The molecule has 0 amide bonds. The summed E-state index contributed by atoms with van der Waals surface area (Å²) in [5.41, 5.74) is -1.13. The van der Waals surface area contributed by atoms with Crippen molar-refractivity contribution in [2.45, 2.75) is 154 Å². The molecule has 1 aromatic heterocycles. The van der Waals surface area contributed by atoms with Crippen LogP contribution in [0.5, 0.6) is 0 Å². The van der Waals surface area contributed by atoms with E-state index in [-0.39, 0.29) is 6.61 Å². The zero-order chi connectivity index (χ0) is 31.1. The molecule has 2 aliphatic rings. The van der Waals surface area contributed by atoms with Crippen LogP contribution in [0.4, 0.5) is 0 Å². The van der Waals surface area contributed by atoms with E-state index in [0.29, 0.717) is 6.61 Å². The van der Waals surface area contributed by atoms with Crippen LogP contribution in [0.1, 0.15) is 130 Å². The third kappa shape index (κ3) is 12.0. The first-order valence-electron chi connectivity index (χ1n) is 16.5. The molecule has 0 bridgehead atoms. The Morgan fingerprint density at radius 2 is 1.42 bits per heavy atom. The van der Waals surface area contributed by atoms with Gasteiger partial charge in [0.15, 0.2) is 12.0 Å². The molecule has 0 radical (unpaired) electrons. The molecule has 1 aromatic rings. The van der Waals surface area contributed by atoms with Crippen molar-refractivity contribution in [1.29, 1.82) is 0 Å². The second-order valence-electron chi connectivity index (χ2n) is 12.3. The van der Waals surface area contributed by atoms with Crippen LogP contribution in [0, 0.1) is 0 Å². The smallest absolute Gasteiger partial charge is 0.346 e. The summed E-state index contributed by atoms with van der Waals surface area (Å²) in [4.78, 5) is 26.2. The molecule has 0 aromatic carbocycles. The Morgan fingerprint density at radius 3 is 1.95 bits per heavy atom. The van der Waals surface area contributed by atoms with Crippen LogP contribution in [0.3, 0.4) is 0 Å². The van der Waals surface area contributed by atoms with E-state index in [1.807, 2.05) is 0 Å². The lowest BCUT2D eigenvalue weighted by Gasteiger charge is -2.25. The Hall–Kier alpha value is -1.55. The molecule has 43 heavy (non-hydrogen) atoms. The van der Waals surface area contributed by atoms with Crippen molar-refractivity contribution in [3.8, 4) is 0 Å². The molecule has 3 rings (SSSR count). The van der Waals surface area contributed by atoms with E-state index in [4.69, 9.17) is 23.3 Å². The maximum atomic E-state index is 13.2. The van der Waals surface area contributed by atoms with Crippen molar-refractivity contribution in [3.63, 3.8) is 0 Å². The molecule has 0 aliphatic carbocycles.